The highest BCUT2D eigenvalue weighted by atomic mass is 35.5. The van der Waals surface area contributed by atoms with Crippen LogP contribution < -0.4 is 5.56 Å². The van der Waals surface area contributed by atoms with Crippen molar-refractivity contribution < 1.29 is 4.42 Å². The van der Waals surface area contributed by atoms with E-state index in [1.807, 2.05) is 13.8 Å². The van der Waals surface area contributed by atoms with Crippen molar-refractivity contribution in [2.45, 2.75) is 20.4 Å². The monoisotopic (exact) mass is 372 g/mol. The van der Waals surface area contributed by atoms with Gasteiger partial charge in [0.15, 0.2) is 0 Å². The molecule has 3 heterocycles. The lowest BCUT2D eigenvalue weighted by atomic mass is 10.2. The molecule has 4 aromatic rings. The second-order valence-corrected chi connectivity index (χ2v) is 7.29. The Hall–Kier alpha value is -2.51. The molecule has 0 aliphatic rings. The van der Waals surface area contributed by atoms with E-state index in [1.165, 1.54) is 22.2 Å². The Balaban J connectivity index is 1.68. The minimum Gasteiger partial charge on any atom is -0.419 e. The van der Waals surface area contributed by atoms with Crippen LogP contribution in [0.5, 0.6) is 0 Å². The number of aryl methyl sites for hydroxylation is 2. The molecule has 0 atom stereocenters. The quantitative estimate of drug-likeness (QED) is 0.546. The fraction of sp³-hybridized carbons (Fsp3) is 0.176. The van der Waals surface area contributed by atoms with Crippen LogP contribution in [0.4, 0.5) is 0 Å². The molecule has 126 valence electrons. The van der Waals surface area contributed by atoms with Gasteiger partial charge in [-0.3, -0.25) is 9.36 Å². The molecule has 0 N–H and O–H groups in total. The summed E-state index contributed by atoms with van der Waals surface area (Å²) < 4.78 is 7.15. The number of nitrogens with zero attached hydrogens (tertiary/aromatic N) is 4. The molecule has 25 heavy (non-hydrogen) atoms. The first-order chi connectivity index (χ1) is 12.0. The molecular formula is C17H13ClN4O2S. The maximum atomic E-state index is 12.7. The summed E-state index contributed by atoms with van der Waals surface area (Å²) >= 11 is 7.40. The Kier molecular flexibility index (Phi) is 3.89. The average Bonchev–Trinajstić information content (AvgIpc) is 3.17. The van der Waals surface area contributed by atoms with Gasteiger partial charge < -0.3 is 4.42 Å². The summed E-state index contributed by atoms with van der Waals surface area (Å²) in [7, 11) is 0. The van der Waals surface area contributed by atoms with Crippen molar-refractivity contribution in [3.05, 3.63) is 62.3 Å². The Morgan fingerprint density at radius 1 is 1.20 bits per heavy atom. The fourth-order valence-corrected chi connectivity index (χ4v) is 3.67. The summed E-state index contributed by atoms with van der Waals surface area (Å²) in [6, 6.07) is 7.11. The average molecular weight is 373 g/mol. The van der Waals surface area contributed by atoms with Crippen molar-refractivity contribution in [1.82, 2.24) is 19.7 Å². The van der Waals surface area contributed by atoms with Gasteiger partial charge in [-0.1, -0.05) is 11.6 Å². The number of hydrogen-bond donors (Lipinski definition) is 0. The van der Waals surface area contributed by atoms with Crippen LogP contribution in [0.2, 0.25) is 5.02 Å². The Morgan fingerprint density at radius 2 is 1.96 bits per heavy atom. The first kappa shape index (κ1) is 16.0. The van der Waals surface area contributed by atoms with E-state index in [-0.39, 0.29) is 12.1 Å². The third-order valence-corrected chi connectivity index (χ3v) is 5.39. The molecule has 0 unspecified atom stereocenters. The predicted octanol–water partition coefficient (Wildman–Crippen LogP) is 3.83. The van der Waals surface area contributed by atoms with Gasteiger partial charge in [0.1, 0.15) is 11.4 Å². The van der Waals surface area contributed by atoms with E-state index in [9.17, 15) is 4.79 Å². The minimum atomic E-state index is -0.0990. The van der Waals surface area contributed by atoms with Crippen LogP contribution >= 0.6 is 22.9 Å². The van der Waals surface area contributed by atoms with Crippen LogP contribution in [0, 0.1) is 13.8 Å². The lowest BCUT2D eigenvalue weighted by molar-refractivity contribution is 0.483. The van der Waals surface area contributed by atoms with Gasteiger partial charge in [0.25, 0.3) is 5.56 Å². The lowest BCUT2D eigenvalue weighted by Crippen LogP contribution is -2.21. The van der Waals surface area contributed by atoms with E-state index < -0.39 is 0 Å². The normalized spacial score (nSPS) is 11.3. The summed E-state index contributed by atoms with van der Waals surface area (Å²) in [6.07, 6.45) is 1.52. The van der Waals surface area contributed by atoms with E-state index >= 15 is 0 Å². The van der Waals surface area contributed by atoms with Crippen LogP contribution in [-0.4, -0.2) is 19.7 Å². The van der Waals surface area contributed by atoms with Crippen LogP contribution in [-0.2, 0) is 6.54 Å². The fourth-order valence-electron chi connectivity index (χ4n) is 2.55. The zero-order chi connectivity index (χ0) is 17.6. The maximum absolute atomic E-state index is 12.7. The number of aromatic nitrogens is 4. The molecule has 0 saturated heterocycles. The molecule has 0 saturated carbocycles. The number of hydrogen-bond acceptors (Lipinski definition) is 6. The van der Waals surface area contributed by atoms with Crippen molar-refractivity contribution in [2.75, 3.05) is 0 Å². The molecule has 8 heteroatoms. The van der Waals surface area contributed by atoms with E-state index in [4.69, 9.17) is 16.0 Å². The molecule has 1 aromatic carbocycles. The molecule has 6 nitrogen and oxygen atoms in total. The van der Waals surface area contributed by atoms with Crippen molar-refractivity contribution in [3.8, 4) is 11.5 Å². The third-order valence-electron chi connectivity index (χ3n) is 4.02. The zero-order valence-corrected chi connectivity index (χ0v) is 15.1. The number of halogens is 1. The topological polar surface area (TPSA) is 73.8 Å². The van der Waals surface area contributed by atoms with Gasteiger partial charge in [-0.25, -0.2) is 4.98 Å². The number of thiophene rings is 1. The molecule has 0 aliphatic carbocycles. The molecule has 0 fully saturated rings. The van der Waals surface area contributed by atoms with E-state index in [2.05, 4.69) is 15.2 Å². The molecule has 0 bridgehead atoms. The van der Waals surface area contributed by atoms with Crippen molar-refractivity contribution in [3.63, 3.8) is 0 Å². The summed E-state index contributed by atoms with van der Waals surface area (Å²) in [4.78, 5) is 18.9. The largest absolute Gasteiger partial charge is 0.419 e. The van der Waals surface area contributed by atoms with E-state index in [1.54, 1.807) is 24.3 Å². The van der Waals surface area contributed by atoms with Gasteiger partial charge in [-0.2, -0.15) is 0 Å². The standard InChI is InChI=1S/C17H13ClN4O2S/c1-9-10(2)25-16-14(9)17(23)22(8-19-16)7-13-20-21-15(24-13)11-3-5-12(18)6-4-11/h3-6,8H,7H2,1-2H3. The second-order valence-electron chi connectivity index (χ2n) is 5.65. The highest BCUT2D eigenvalue weighted by molar-refractivity contribution is 7.18. The summed E-state index contributed by atoms with van der Waals surface area (Å²) in [5.41, 5.74) is 1.64. The van der Waals surface area contributed by atoms with Crippen LogP contribution in [0.25, 0.3) is 21.7 Å². The molecule has 0 aliphatic heterocycles. The van der Waals surface area contributed by atoms with Gasteiger partial charge in [0.2, 0.25) is 11.8 Å². The Bertz CT molecular complexity index is 1130. The predicted molar refractivity (Wildman–Crippen MR) is 97.2 cm³/mol. The van der Waals surface area contributed by atoms with Crippen molar-refractivity contribution in [1.29, 1.82) is 0 Å². The van der Waals surface area contributed by atoms with Crippen LogP contribution in [0.15, 0.2) is 39.8 Å². The number of fused-ring (bicyclic) bond motifs is 1. The SMILES string of the molecule is Cc1sc2ncn(Cc3nnc(-c4ccc(Cl)cc4)o3)c(=O)c2c1C. The Labute approximate surface area is 151 Å². The van der Waals surface area contributed by atoms with Gasteiger partial charge in [0, 0.05) is 15.5 Å². The van der Waals surface area contributed by atoms with E-state index in [0.29, 0.717) is 22.2 Å². The Morgan fingerprint density at radius 3 is 2.72 bits per heavy atom. The van der Waals surface area contributed by atoms with Gasteiger partial charge in [0.05, 0.1) is 11.7 Å². The third kappa shape index (κ3) is 2.85. The zero-order valence-electron chi connectivity index (χ0n) is 13.5. The summed E-state index contributed by atoms with van der Waals surface area (Å²) in [5, 5.41) is 9.35. The number of rotatable bonds is 3. The highest BCUT2D eigenvalue weighted by Gasteiger charge is 2.14. The van der Waals surface area contributed by atoms with Crippen LogP contribution in [0.1, 0.15) is 16.3 Å². The first-order valence-corrected chi connectivity index (χ1v) is 8.76. The van der Waals surface area contributed by atoms with Gasteiger partial charge in [-0.15, -0.1) is 21.5 Å². The smallest absolute Gasteiger partial charge is 0.262 e. The maximum Gasteiger partial charge on any atom is 0.262 e. The molecule has 0 amide bonds. The minimum absolute atomic E-state index is 0.0990. The van der Waals surface area contributed by atoms with Crippen LogP contribution in [0.3, 0.4) is 0 Å². The van der Waals surface area contributed by atoms with Gasteiger partial charge >= 0.3 is 0 Å². The van der Waals surface area contributed by atoms with Gasteiger partial charge in [-0.05, 0) is 43.7 Å². The van der Waals surface area contributed by atoms with Crippen molar-refractivity contribution >= 4 is 33.2 Å². The van der Waals surface area contributed by atoms with E-state index in [0.717, 1.165) is 20.8 Å². The number of benzene rings is 1. The molecular weight excluding hydrogens is 360 g/mol. The molecule has 0 radical (unpaired) electrons. The summed E-state index contributed by atoms with van der Waals surface area (Å²) in [5.74, 6) is 0.731. The first-order valence-electron chi connectivity index (χ1n) is 7.56. The summed E-state index contributed by atoms with van der Waals surface area (Å²) in [6.45, 7) is 4.10. The highest BCUT2D eigenvalue weighted by Crippen LogP contribution is 2.25. The van der Waals surface area contributed by atoms with Crippen molar-refractivity contribution in [2.24, 2.45) is 0 Å². The molecule has 0 spiro atoms. The molecule has 3 aromatic heterocycles. The lowest BCUT2D eigenvalue weighted by Gasteiger charge is -2.02. The molecule has 4 rings (SSSR count). The second kappa shape index (κ2) is 6.09.